The van der Waals surface area contributed by atoms with Crippen molar-refractivity contribution >= 4 is 5.97 Å². The molecule has 2 atom stereocenters. The standard InChI is InChI=1S/C15H26O3/c1-3-4-7-10-13-14(18-13)11-8-5-6-9-12-15(16)17-2/h5,8,13-14H,3-4,6-7,9-12H2,1-2H3/b8-5-/t13-,14+/m0/s1. The Balaban J connectivity index is 1.91. The first-order valence-corrected chi connectivity index (χ1v) is 7.15. The molecule has 1 heterocycles. The molecule has 18 heavy (non-hydrogen) atoms. The quantitative estimate of drug-likeness (QED) is 0.259. The van der Waals surface area contributed by atoms with Crippen molar-refractivity contribution in [2.45, 2.75) is 70.5 Å². The third kappa shape index (κ3) is 6.80. The number of rotatable bonds is 10. The molecule has 3 nitrogen and oxygen atoms in total. The van der Waals surface area contributed by atoms with E-state index in [2.05, 4.69) is 23.8 Å². The first kappa shape index (κ1) is 15.2. The van der Waals surface area contributed by atoms with Crippen molar-refractivity contribution in [3.63, 3.8) is 0 Å². The maximum Gasteiger partial charge on any atom is 0.305 e. The van der Waals surface area contributed by atoms with E-state index in [0.29, 0.717) is 18.6 Å². The minimum atomic E-state index is -0.120. The van der Waals surface area contributed by atoms with Crippen molar-refractivity contribution in [1.29, 1.82) is 0 Å². The number of epoxide rings is 1. The predicted molar refractivity (Wildman–Crippen MR) is 72.4 cm³/mol. The van der Waals surface area contributed by atoms with Gasteiger partial charge in [-0.05, 0) is 25.7 Å². The normalized spacial score (nSPS) is 22.3. The second-order valence-electron chi connectivity index (χ2n) is 4.88. The highest BCUT2D eigenvalue weighted by Crippen LogP contribution is 2.30. The summed E-state index contributed by atoms with van der Waals surface area (Å²) in [5.74, 6) is -0.120. The third-order valence-electron chi connectivity index (χ3n) is 3.29. The van der Waals surface area contributed by atoms with Crippen LogP contribution in [0.3, 0.4) is 0 Å². The van der Waals surface area contributed by atoms with Crippen LogP contribution in [0.2, 0.25) is 0 Å². The minimum Gasteiger partial charge on any atom is -0.469 e. The van der Waals surface area contributed by atoms with Gasteiger partial charge >= 0.3 is 5.97 Å². The molecule has 0 aromatic rings. The van der Waals surface area contributed by atoms with Crippen molar-refractivity contribution in [1.82, 2.24) is 0 Å². The van der Waals surface area contributed by atoms with Gasteiger partial charge in [-0.1, -0.05) is 38.3 Å². The van der Waals surface area contributed by atoms with E-state index in [4.69, 9.17) is 4.74 Å². The second kappa shape index (κ2) is 9.15. The fraction of sp³-hybridized carbons (Fsp3) is 0.800. The number of carbonyl (C=O) groups is 1. The molecule has 1 saturated heterocycles. The molecular formula is C15H26O3. The Morgan fingerprint density at radius 2 is 2.06 bits per heavy atom. The van der Waals surface area contributed by atoms with E-state index in [1.54, 1.807) is 0 Å². The molecule has 0 spiro atoms. The summed E-state index contributed by atoms with van der Waals surface area (Å²) in [6, 6.07) is 0. The van der Waals surface area contributed by atoms with Gasteiger partial charge in [-0.3, -0.25) is 4.79 Å². The SMILES string of the molecule is CCCCC[C@@H]1O[C@@H]1C/C=C\CCCC(=O)OC. The number of carbonyl (C=O) groups excluding carboxylic acids is 1. The third-order valence-corrected chi connectivity index (χ3v) is 3.29. The summed E-state index contributed by atoms with van der Waals surface area (Å²) in [6.45, 7) is 2.22. The van der Waals surface area contributed by atoms with Crippen molar-refractivity contribution in [2.75, 3.05) is 7.11 Å². The topological polar surface area (TPSA) is 38.8 Å². The Bertz CT molecular complexity index is 260. The molecule has 0 bridgehead atoms. The molecule has 0 amide bonds. The summed E-state index contributed by atoms with van der Waals surface area (Å²) < 4.78 is 10.2. The number of methoxy groups -OCH3 is 1. The number of ether oxygens (including phenoxy) is 2. The van der Waals surface area contributed by atoms with Gasteiger partial charge in [0.15, 0.2) is 0 Å². The molecule has 1 aliphatic heterocycles. The molecule has 0 aromatic carbocycles. The van der Waals surface area contributed by atoms with Crippen LogP contribution in [0.5, 0.6) is 0 Å². The van der Waals surface area contributed by atoms with E-state index < -0.39 is 0 Å². The molecule has 0 unspecified atom stereocenters. The van der Waals surface area contributed by atoms with Gasteiger partial charge in [0, 0.05) is 6.42 Å². The maximum absolute atomic E-state index is 10.9. The number of allylic oxidation sites excluding steroid dienone is 1. The van der Waals surface area contributed by atoms with Gasteiger partial charge < -0.3 is 9.47 Å². The summed E-state index contributed by atoms with van der Waals surface area (Å²) in [7, 11) is 1.43. The summed E-state index contributed by atoms with van der Waals surface area (Å²) >= 11 is 0. The first-order chi connectivity index (χ1) is 8.77. The van der Waals surface area contributed by atoms with Crippen LogP contribution in [0.25, 0.3) is 0 Å². The van der Waals surface area contributed by atoms with E-state index in [-0.39, 0.29) is 5.97 Å². The van der Waals surface area contributed by atoms with Crippen molar-refractivity contribution in [3.8, 4) is 0 Å². The highest BCUT2D eigenvalue weighted by Gasteiger charge is 2.36. The van der Waals surface area contributed by atoms with Crippen molar-refractivity contribution < 1.29 is 14.3 Å². The molecule has 0 saturated carbocycles. The predicted octanol–water partition coefficient (Wildman–Crippen LogP) is 3.62. The van der Waals surface area contributed by atoms with Gasteiger partial charge in [0.1, 0.15) is 0 Å². The van der Waals surface area contributed by atoms with E-state index in [0.717, 1.165) is 19.3 Å². The fourth-order valence-corrected chi connectivity index (χ4v) is 2.05. The zero-order chi connectivity index (χ0) is 13.2. The van der Waals surface area contributed by atoms with E-state index in [1.165, 1.54) is 32.8 Å². The second-order valence-corrected chi connectivity index (χ2v) is 4.88. The average molecular weight is 254 g/mol. The molecule has 1 fully saturated rings. The van der Waals surface area contributed by atoms with Crippen molar-refractivity contribution in [2.24, 2.45) is 0 Å². The van der Waals surface area contributed by atoms with E-state index in [1.807, 2.05) is 0 Å². The van der Waals surface area contributed by atoms with Crippen LogP contribution in [0.1, 0.15) is 58.3 Å². The van der Waals surface area contributed by atoms with Crippen LogP contribution in [-0.4, -0.2) is 25.3 Å². The summed E-state index contributed by atoms with van der Waals surface area (Å²) in [5, 5.41) is 0. The number of hydrogen-bond donors (Lipinski definition) is 0. The summed E-state index contributed by atoms with van der Waals surface area (Å²) in [6.07, 6.45) is 13.7. The molecule has 0 aliphatic carbocycles. The zero-order valence-electron chi connectivity index (χ0n) is 11.7. The first-order valence-electron chi connectivity index (χ1n) is 7.15. The Morgan fingerprint density at radius 1 is 1.22 bits per heavy atom. The van der Waals surface area contributed by atoms with Crippen molar-refractivity contribution in [3.05, 3.63) is 12.2 Å². The van der Waals surface area contributed by atoms with Crippen LogP contribution < -0.4 is 0 Å². The summed E-state index contributed by atoms with van der Waals surface area (Å²) in [5.41, 5.74) is 0. The molecule has 0 radical (unpaired) electrons. The van der Waals surface area contributed by atoms with Gasteiger partial charge in [-0.25, -0.2) is 0 Å². The van der Waals surface area contributed by atoms with Gasteiger partial charge in [0.25, 0.3) is 0 Å². The van der Waals surface area contributed by atoms with Crippen LogP contribution in [-0.2, 0) is 14.3 Å². The molecule has 1 rings (SSSR count). The van der Waals surface area contributed by atoms with Gasteiger partial charge in [-0.15, -0.1) is 0 Å². The van der Waals surface area contributed by atoms with E-state index >= 15 is 0 Å². The van der Waals surface area contributed by atoms with Crippen LogP contribution in [0.4, 0.5) is 0 Å². The van der Waals surface area contributed by atoms with Gasteiger partial charge in [0.2, 0.25) is 0 Å². The Kier molecular flexibility index (Phi) is 7.74. The Hall–Kier alpha value is -0.830. The molecule has 1 aliphatic rings. The lowest BCUT2D eigenvalue weighted by molar-refractivity contribution is -0.140. The van der Waals surface area contributed by atoms with Crippen LogP contribution in [0, 0.1) is 0 Å². The largest absolute Gasteiger partial charge is 0.469 e. The summed E-state index contributed by atoms with van der Waals surface area (Å²) in [4.78, 5) is 10.9. The van der Waals surface area contributed by atoms with Gasteiger partial charge in [-0.2, -0.15) is 0 Å². The lowest BCUT2D eigenvalue weighted by atomic mass is 10.1. The zero-order valence-corrected chi connectivity index (χ0v) is 11.7. The lowest BCUT2D eigenvalue weighted by Gasteiger charge is -1.95. The average Bonchev–Trinajstić information content (AvgIpc) is 3.12. The smallest absolute Gasteiger partial charge is 0.305 e. The number of unbranched alkanes of at least 4 members (excludes halogenated alkanes) is 3. The Labute approximate surface area is 111 Å². The van der Waals surface area contributed by atoms with E-state index in [9.17, 15) is 4.79 Å². The Morgan fingerprint density at radius 3 is 2.78 bits per heavy atom. The van der Waals surface area contributed by atoms with Crippen LogP contribution in [0.15, 0.2) is 12.2 Å². The van der Waals surface area contributed by atoms with Crippen LogP contribution >= 0.6 is 0 Å². The highest BCUT2D eigenvalue weighted by atomic mass is 16.6. The molecule has 0 aromatic heterocycles. The highest BCUT2D eigenvalue weighted by molar-refractivity contribution is 5.68. The minimum absolute atomic E-state index is 0.120. The lowest BCUT2D eigenvalue weighted by Crippen LogP contribution is -1.98. The number of esters is 1. The molecular weight excluding hydrogens is 228 g/mol. The van der Waals surface area contributed by atoms with Gasteiger partial charge in [0.05, 0.1) is 19.3 Å². The molecule has 0 N–H and O–H groups in total. The molecule has 104 valence electrons. The number of hydrogen-bond acceptors (Lipinski definition) is 3. The maximum atomic E-state index is 10.9. The fourth-order valence-electron chi connectivity index (χ4n) is 2.05. The monoisotopic (exact) mass is 254 g/mol. The molecule has 3 heteroatoms.